The van der Waals surface area contributed by atoms with E-state index in [1.54, 1.807) is 21.3 Å². The van der Waals surface area contributed by atoms with E-state index in [1.165, 1.54) is 0 Å². The van der Waals surface area contributed by atoms with Crippen LogP contribution in [0.5, 0.6) is 11.5 Å². The quantitative estimate of drug-likeness (QED) is 0.871. The normalized spacial score (nSPS) is 22.1. The van der Waals surface area contributed by atoms with E-state index in [-0.39, 0.29) is 11.9 Å². The predicted octanol–water partition coefficient (Wildman–Crippen LogP) is 1.29. The van der Waals surface area contributed by atoms with Gasteiger partial charge in [-0.2, -0.15) is 0 Å². The molecule has 1 aliphatic rings. The average molecular weight is 278 g/mol. The van der Waals surface area contributed by atoms with Crippen LogP contribution in [0.1, 0.15) is 24.3 Å². The lowest BCUT2D eigenvalue weighted by molar-refractivity contribution is -0.123. The number of amides is 1. The molecule has 1 fully saturated rings. The molecule has 110 valence electrons. The number of rotatable bonds is 4. The molecule has 2 unspecified atom stereocenters. The molecule has 1 aromatic carbocycles. The number of methoxy groups -OCH3 is 2. The minimum absolute atomic E-state index is 0.0385. The molecule has 1 aliphatic heterocycles. The van der Waals surface area contributed by atoms with Crippen molar-refractivity contribution in [2.75, 3.05) is 27.8 Å². The van der Waals surface area contributed by atoms with Crippen molar-refractivity contribution in [3.05, 3.63) is 23.8 Å². The third kappa shape index (κ3) is 3.04. The molecule has 5 heteroatoms. The van der Waals surface area contributed by atoms with Gasteiger partial charge in [0.05, 0.1) is 20.3 Å². The highest BCUT2D eigenvalue weighted by atomic mass is 16.5. The number of hydrogen-bond donors (Lipinski definition) is 2. The zero-order chi connectivity index (χ0) is 14.5. The zero-order valence-electron chi connectivity index (χ0n) is 12.2. The SMILES string of the molecule is CNC(=O)C1CC(c2cc(OC)ccc2OC)CCN1. The number of benzene rings is 1. The molecular weight excluding hydrogens is 256 g/mol. The van der Waals surface area contributed by atoms with E-state index < -0.39 is 0 Å². The Morgan fingerprint density at radius 2 is 2.15 bits per heavy atom. The van der Waals surface area contributed by atoms with E-state index in [4.69, 9.17) is 9.47 Å². The van der Waals surface area contributed by atoms with Crippen LogP contribution in [0.15, 0.2) is 18.2 Å². The van der Waals surface area contributed by atoms with Gasteiger partial charge in [-0.3, -0.25) is 4.79 Å². The van der Waals surface area contributed by atoms with E-state index in [2.05, 4.69) is 10.6 Å². The van der Waals surface area contributed by atoms with Gasteiger partial charge >= 0.3 is 0 Å². The van der Waals surface area contributed by atoms with Crippen LogP contribution in [0.4, 0.5) is 0 Å². The molecule has 1 heterocycles. The summed E-state index contributed by atoms with van der Waals surface area (Å²) in [5.74, 6) is 2.00. The lowest BCUT2D eigenvalue weighted by atomic mass is 9.85. The maximum absolute atomic E-state index is 11.8. The summed E-state index contributed by atoms with van der Waals surface area (Å²) >= 11 is 0. The number of carbonyl (C=O) groups excluding carboxylic acids is 1. The Hall–Kier alpha value is -1.75. The fourth-order valence-electron chi connectivity index (χ4n) is 2.73. The Kier molecular flexibility index (Phi) is 4.84. The second-order valence-electron chi connectivity index (χ2n) is 4.95. The van der Waals surface area contributed by atoms with Gasteiger partial charge in [0.15, 0.2) is 0 Å². The van der Waals surface area contributed by atoms with E-state index in [1.807, 2.05) is 18.2 Å². The zero-order valence-corrected chi connectivity index (χ0v) is 12.2. The number of ether oxygens (including phenoxy) is 2. The van der Waals surface area contributed by atoms with Crippen LogP contribution in [0.2, 0.25) is 0 Å². The molecule has 2 atom stereocenters. The van der Waals surface area contributed by atoms with Gasteiger partial charge in [-0.05, 0) is 43.5 Å². The summed E-state index contributed by atoms with van der Waals surface area (Å²) in [5, 5.41) is 5.95. The van der Waals surface area contributed by atoms with Crippen molar-refractivity contribution in [2.45, 2.75) is 24.8 Å². The molecule has 0 saturated carbocycles. The summed E-state index contributed by atoms with van der Waals surface area (Å²) in [6, 6.07) is 5.68. The van der Waals surface area contributed by atoms with Gasteiger partial charge < -0.3 is 20.1 Å². The maximum Gasteiger partial charge on any atom is 0.236 e. The van der Waals surface area contributed by atoms with Crippen LogP contribution in [0, 0.1) is 0 Å². The van der Waals surface area contributed by atoms with Gasteiger partial charge in [-0.15, -0.1) is 0 Å². The van der Waals surface area contributed by atoms with Crippen LogP contribution in [-0.4, -0.2) is 39.8 Å². The summed E-state index contributed by atoms with van der Waals surface area (Å²) in [5.41, 5.74) is 1.11. The smallest absolute Gasteiger partial charge is 0.236 e. The highest BCUT2D eigenvalue weighted by Crippen LogP contribution is 2.36. The first-order chi connectivity index (χ1) is 9.69. The Labute approximate surface area is 119 Å². The topological polar surface area (TPSA) is 59.6 Å². The van der Waals surface area contributed by atoms with Crippen LogP contribution < -0.4 is 20.1 Å². The van der Waals surface area contributed by atoms with E-state index in [0.29, 0.717) is 5.92 Å². The summed E-state index contributed by atoms with van der Waals surface area (Å²) in [7, 11) is 4.99. The molecule has 0 aliphatic carbocycles. The maximum atomic E-state index is 11.8. The number of nitrogens with one attached hydrogen (secondary N) is 2. The van der Waals surface area contributed by atoms with Gasteiger partial charge in [-0.25, -0.2) is 0 Å². The van der Waals surface area contributed by atoms with E-state index in [0.717, 1.165) is 36.4 Å². The second-order valence-corrected chi connectivity index (χ2v) is 4.95. The molecule has 5 nitrogen and oxygen atoms in total. The number of hydrogen-bond acceptors (Lipinski definition) is 4. The molecule has 0 spiro atoms. The molecule has 0 radical (unpaired) electrons. The second kappa shape index (κ2) is 6.61. The van der Waals surface area contributed by atoms with Crippen molar-refractivity contribution < 1.29 is 14.3 Å². The molecule has 1 aromatic rings. The van der Waals surface area contributed by atoms with Crippen LogP contribution in [0.3, 0.4) is 0 Å². The summed E-state index contributed by atoms with van der Waals surface area (Å²) in [4.78, 5) is 11.8. The Morgan fingerprint density at radius 1 is 1.35 bits per heavy atom. The largest absolute Gasteiger partial charge is 0.497 e. The first-order valence-corrected chi connectivity index (χ1v) is 6.86. The van der Waals surface area contributed by atoms with Gasteiger partial charge in [0.1, 0.15) is 11.5 Å². The summed E-state index contributed by atoms with van der Waals surface area (Å²) in [6.07, 6.45) is 1.75. The van der Waals surface area contributed by atoms with E-state index in [9.17, 15) is 4.79 Å². The van der Waals surface area contributed by atoms with Crippen LogP contribution in [-0.2, 0) is 4.79 Å². The average Bonchev–Trinajstić information content (AvgIpc) is 2.53. The number of piperidine rings is 1. The standard InChI is InChI=1S/C15H22N2O3/c1-16-15(18)13-8-10(6-7-17-13)12-9-11(19-2)4-5-14(12)20-3/h4-5,9-10,13,17H,6-8H2,1-3H3,(H,16,18). The van der Waals surface area contributed by atoms with Crippen molar-refractivity contribution in [2.24, 2.45) is 0 Å². The molecular formula is C15H22N2O3. The molecule has 1 amide bonds. The third-order valence-electron chi connectivity index (χ3n) is 3.84. The molecule has 1 saturated heterocycles. The third-order valence-corrected chi connectivity index (χ3v) is 3.84. The molecule has 20 heavy (non-hydrogen) atoms. The van der Waals surface area contributed by atoms with Crippen LogP contribution >= 0.6 is 0 Å². The predicted molar refractivity (Wildman–Crippen MR) is 77.4 cm³/mol. The highest BCUT2D eigenvalue weighted by molar-refractivity contribution is 5.81. The van der Waals surface area contributed by atoms with Gasteiger partial charge in [0.2, 0.25) is 5.91 Å². The number of carbonyl (C=O) groups is 1. The van der Waals surface area contributed by atoms with Crippen molar-refractivity contribution in [3.8, 4) is 11.5 Å². The minimum Gasteiger partial charge on any atom is -0.497 e. The lowest BCUT2D eigenvalue weighted by Crippen LogP contribution is -2.47. The fraction of sp³-hybridized carbons (Fsp3) is 0.533. The molecule has 0 bridgehead atoms. The monoisotopic (exact) mass is 278 g/mol. The van der Waals surface area contributed by atoms with Gasteiger partial charge in [0.25, 0.3) is 0 Å². The molecule has 2 rings (SSSR count). The first-order valence-electron chi connectivity index (χ1n) is 6.86. The Morgan fingerprint density at radius 3 is 2.80 bits per heavy atom. The molecule has 0 aromatic heterocycles. The minimum atomic E-state index is -0.144. The fourth-order valence-corrected chi connectivity index (χ4v) is 2.73. The Balaban J connectivity index is 2.23. The van der Waals surface area contributed by atoms with Crippen LogP contribution in [0.25, 0.3) is 0 Å². The first kappa shape index (κ1) is 14.7. The van der Waals surface area contributed by atoms with Crippen molar-refractivity contribution in [3.63, 3.8) is 0 Å². The van der Waals surface area contributed by atoms with Gasteiger partial charge in [0, 0.05) is 12.6 Å². The highest BCUT2D eigenvalue weighted by Gasteiger charge is 2.28. The van der Waals surface area contributed by atoms with Crippen molar-refractivity contribution in [1.29, 1.82) is 0 Å². The number of likely N-dealkylation sites (N-methyl/N-ethyl adjacent to an activating group) is 1. The summed E-state index contributed by atoms with van der Waals surface area (Å²) < 4.78 is 10.7. The van der Waals surface area contributed by atoms with E-state index >= 15 is 0 Å². The van der Waals surface area contributed by atoms with Gasteiger partial charge in [-0.1, -0.05) is 0 Å². The summed E-state index contributed by atoms with van der Waals surface area (Å²) in [6.45, 7) is 0.823. The molecule has 2 N–H and O–H groups in total. The lowest BCUT2D eigenvalue weighted by Gasteiger charge is -2.30. The Bertz CT molecular complexity index is 476. The van der Waals surface area contributed by atoms with Crippen molar-refractivity contribution in [1.82, 2.24) is 10.6 Å². The van der Waals surface area contributed by atoms with Crippen molar-refractivity contribution >= 4 is 5.91 Å².